The summed E-state index contributed by atoms with van der Waals surface area (Å²) in [6, 6.07) is 10.9. The van der Waals surface area contributed by atoms with Crippen LogP contribution in [-0.2, 0) is 21.2 Å². The van der Waals surface area contributed by atoms with Crippen LogP contribution in [0.2, 0.25) is 0 Å². The molecule has 148 valence electrons. The summed E-state index contributed by atoms with van der Waals surface area (Å²) in [7, 11) is -3.36. The minimum Gasteiger partial charge on any atom is -0.358 e. The summed E-state index contributed by atoms with van der Waals surface area (Å²) in [5, 5.41) is 3.47. The molecule has 3 rings (SSSR count). The van der Waals surface area contributed by atoms with E-state index in [2.05, 4.69) is 15.0 Å². The number of aromatic nitrogens is 1. The molecule has 0 aliphatic heterocycles. The van der Waals surface area contributed by atoms with Gasteiger partial charge >= 0.3 is 0 Å². The average Bonchev–Trinajstić information content (AvgIpc) is 2.91. The number of anilines is 2. The van der Waals surface area contributed by atoms with Gasteiger partial charge in [-0.3, -0.25) is 9.52 Å². The van der Waals surface area contributed by atoms with E-state index < -0.39 is 10.0 Å². The number of amides is 1. The van der Waals surface area contributed by atoms with Crippen molar-refractivity contribution in [2.75, 3.05) is 15.8 Å². The highest BCUT2D eigenvalue weighted by atomic mass is 32.2. The third-order valence-corrected chi connectivity index (χ3v) is 5.83. The second kappa shape index (κ2) is 8.02. The van der Waals surface area contributed by atoms with Gasteiger partial charge in [0.1, 0.15) is 5.82 Å². The molecule has 1 heterocycles. The molecule has 0 aliphatic rings. The normalized spacial score (nSPS) is 11.5. The zero-order valence-electron chi connectivity index (χ0n) is 15.7. The second-order valence-corrected chi connectivity index (χ2v) is 8.48. The number of hydrogen-bond acceptors (Lipinski definition) is 3. The van der Waals surface area contributed by atoms with E-state index in [9.17, 15) is 17.6 Å². The Kier molecular flexibility index (Phi) is 5.69. The van der Waals surface area contributed by atoms with Gasteiger partial charge in [-0.15, -0.1) is 0 Å². The monoisotopic (exact) mass is 403 g/mol. The standard InChI is InChI=1S/C20H22FN3O3S/c1-3-10-28(26,27)24-16-7-5-15(6-8-16)23-20(25)12-17-13(2)22-19-9-4-14(21)11-18(17)19/h4-9,11,22,24H,3,10,12H2,1-2H3,(H,23,25). The topological polar surface area (TPSA) is 91.1 Å². The van der Waals surface area contributed by atoms with Gasteiger partial charge in [0, 0.05) is 28.0 Å². The number of H-pyrrole nitrogens is 1. The molecule has 1 amide bonds. The second-order valence-electron chi connectivity index (χ2n) is 6.64. The lowest BCUT2D eigenvalue weighted by Crippen LogP contribution is -2.16. The fourth-order valence-corrected chi connectivity index (χ4v) is 4.20. The molecule has 0 spiro atoms. The highest BCUT2D eigenvalue weighted by molar-refractivity contribution is 7.92. The predicted octanol–water partition coefficient (Wildman–Crippen LogP) is 3.95. The molecule has 2 aromatic carbocycles. The van der Waals surface area contributed by atoms with Crippen molar-refractivity contribution in [1.29, 1.82) is 0 Å². The van der Waals surface area contributed by atoms with Gasteiger partial charge < -0.3 is 10.3 Å². The van der Waals surface area contributed by atoms with Crippen molar-refractivity contribution in [3.05, 3.63) is 59.5 Å². The molecule has 28 heavy (non-hydrogen) atoms. The summed E-state index contributed by atoms with van der Waals surface area (Å²) >= 11 is 0. The molecule has 3 aromatic rings. The molecule has 8 heteroatoms. The van der Waals surface area contributed by atoms with Crippen LogP contribution < -0.4 is 10.0 Å². The van der Waals surface area contributed by atoms with E-state index in [0.29, 0.717) is 23.2 Å². The van der Waals surface area contributed by atoms with Crippen LogP contribution in [0.1, 0.15) is 24.6 Å². The maximum Gasteiger partial charge on any atom is 0.232 e. The Labute approximate surface area is 163 Å². The Hall–Kier alpha value is -2.87. The van der Waals surface area contributed by atoms with Gasteiger partial charge in [-0.2, -0.15) is 0 Å². The van der Waals surface area contributed by atoms with Crippen LogP contribution in [0.5, 0.6) is 0 Å². The zero-order valence-corrected chi connectivity index (χ0v) is 16.5. The van der Waals surface area contributed by atoms with Crippen LogP contribution in [0.15, 0.2) is 42.5 Å². The quantitative estimate of drug-likeness (QED) is 0.558. The van der Waals surface area contributed by atoms with Crippen LogP contribution in [0.4, 0.5) is 15.8 Å². The molecule has 3 N–H and O–H groups in total. The number of nitrogens with one attached hydrogen (secondary N) is 3. The third-order valence-electron chi connectivity index (χ3n) is 4.33. The molecule has 0 aliphatic carbocycles. The number of carbonyl (C=O) groups is 1. The van der Waals surface area contributed by atoms with Crippen LogP contribution >= 0.6 is 0 Å². The third kappa shape index (κ3) is 4.69. The lowest BCUT2D eigenvalue weighted by atomic mass is 10.1. The first kappa shape index (κ1) is 19.9. The number of carbonyl (C=O) groups excluding carboxylic acids is 1. The van der Waals surface area contributed by atoms with Crippen LogP contribution in [0, 0.1) is 12.7 Å². The van der Waals surface area contributed by atoms with Crippen molar-refractivity contribution < 1.29 is 17.6 Å². The summed E-state index contributed by atoms with van der Waals surface area (Å²) in [6.07, 6.45) is 0.626. The van der Waals surface area contributed by atoms with Crippen molar-refractivity contribution in [3.8, 4) is 0 Å². The van der Waals surface area contributed by atoms with Gasteiger partial charge in [0.15, 0.2) is 0 Å². The lowest BCUT2D eigenvalue weighted by molar-refractivity contribution is -0.115. The molecule has 0 bridgehead atoms. The van der Waals surface area contributed by atoms with E-state index in [1.807, 2.05) is 6.92 Å². The van der Waals surface area contributed by atoms with Gasteiger partial charge in [-0.25, -0.2) is 12.8 Å². The van der Waals surface area contributed by atoms with Crippen molar-refractivity contribution in [1.82, 2.24) is 4.98 Å². The SMILES string of the molecule is CCCS(=O)(=O)Nc1ccc(NC(=O)Cc2c(C)[nH]c3ccc(F)cc23)cc1. The summed E-state index contributed by atoms with van der Waals surface area (Å²) < 4.78 is 39.6. The van der Waals surface area contributed by atoms with Crippen LogP contribution in [-0.4, -0.2) is 25.1 Å². The van der Waals surface area contributed by atoms with E-state index >= 15 is 0 Å². The molecule has 6 nitrogen and oxygen atoms in total. The van der Waals surface area contributed by atoms with Crippen molar-refractivity contribution in [2.45, 2.75) is 26.7 Å². The molecule has 0 saturated carbocycles. The Bertz CT molecular complexity index is 1110. The number of sulfonamides is 1. The number of aromatic amines is 1. The van der Waals surface area contributed by atoms with E-state index in [-0.39, 0.29) is 23.9 Å². The molecule has 0 radical (unpaired) electrons. The minimum absolute atomic E-state index is 0.0516. The fourth-order valence-electron chi connectivity index (χ4n) is 3.07. The van der Waals surface area contributed by atoms with Crippen molar-refractivity contribution in [2.24, 2.45) is 0 Å². The first-order valence-electron chi connectivity index (χ1n) is 8.94. The minimum atomic E-state index is -3.36. The van der Waals surface area contributed by atoms with Gasteiger partial charge in [0.2, 0.25) is 15.9 Å². The largest absolute Gasteiger partial charge is 0.358 e. The van der Waals surface area contributed by atoms with E-state index in [4.69, 9.17) is 0 Å². The maximum absolute atomic E-state index is 13.6. The molecule has 0 atom stereocenters. The average molecular weight is 403 g/mol. The Morgan fingerprint density at radius 1 is 1.11 bits per heavy atom. The number of halogens is 1. The van der Waals surface area contributed by atoms with E-state index in [0.717, 1.165) is 16.8 Å². The first-order chi connectivity index (χ1) is 13.3. The Morgan fingerprint density at radius 2 is 1.79 bits per heavy atom. The van der Waals surface area contributed by atoms with Gasteiger partial charge in [0.25, 0.3) is 0 Å². The summed E-state index contributed by atoms with van der Waals surface area (Å²) in [5.74, 6) is -0.544. The molecular formula is C20H22FN3O3S. The summed E-state index contributed by atoms with van der Waals surface area (Å²) in [4.78, 5) is 15.6. The highest BCUT2D eigenvalue weighted by Gasteiger charge is 2.14. The number of hydrogen-bond donors (Lipinski definition) is 3. The van der Waals surface area contributed by atoms with Gasteiger partial charge in [-0.1, -0.05) is 6.92 Å². The Balaban J connectivity index is 1.69. The summed E-state index contributed by atoms with van der Waals surface area (Å²) in [5.41, 5.74) is 3.33. The lowest BCUT2D eigenvalue weighted by Gasteiger charge is -2.09. The van der Waals surface area contributed by atoms with Crippen molar-refractivity contribution >= 4 is 38.2 Å². The molecule has 0 saturated heterocycles. The molecule has 0 fully saturated rings. The fraction of sp³-hybridized carbons (Fsp3) is 0.250. The molecule has 0 unspecified atom stereocenters. The van der Waals surface area contributed by atoms with Crippen molar-refractivity contribution in [3.63, 3.8) is 0 Å². The summed E-state index contributed by atoms with van der Waals surface area (Å²) in [6.45, 7) is 3.64. The number of rotatable bonds is 7. The highest BCUT2D eigenvalue weighted by Crippen LogP contribution is 2.24. The number of fused-ring (bicyclic) bond motifs is 1. The maximum atomic E-state index is 13.6. The first-order valence-corrected chi connectivity index (χ1v) is 10.6. The van der Waals surface area contributed by atoms with E-state index in [1.165, 1.54) is 12.1 Å². The number of benzene rings is 2. The zero-order chi connectivity index (χ0) is 20.3. The Morgan fingerprint density at radius 3 is 2.46 bits per heavy atom. The van der Waals surface area contributed by atoms with E-state index in [1.54, 1.807) is 37.3 Å². The smallest absolute Gasteiger partial charge is 0.232 e. The van der Waals surface area contributed by atoms with Gasteiger partial charge in [0.05, 0.1) is 12.2 Å². The van der Waals surface area contributed by atoms with Gasteiger partial charge in [-0.05, 0) is 61.4 Å². The predicted molar refractivity (Wildman–Crippen MR) is 109 cm³/mol. The van der Waals surface area contributed by atoms with Crippen LogP contribution in [0.25, 0.3) is 10.9 Å². The molecular weight excluding hydrogens is 381 g/mol. The number of aryl methyl sites for hydroxylation is 1. The molecule has 1 aromatic heterocycles. The van der Waals surface area contributed by atoms with Crippen LogP contribution in [0.3, 0.4) is 0 Å².